The normalized spacial score (nSPS) is 27.1. The number of aromatic amines is 1. The maximum absolute atomic E-state index is 13.5. The van der Waals surface area contributed by atoms with Crippen molar-refractivity contribution < 1.29 is 19.1 Å². The largest absolute Gasteiger partial charge is 0.366 e. The summed E-state index contributed by atoms with van der Waals surface area (Å²) in [5, 5.41) is 2.48. The predicted octanol–water partition coefficient (Wildman–Crippen LogP) is 1.66. The number of Topliss-reactive ketones (excluding diaryl/α,β-unsaturated/α-hetero) is 1. The highest BCUT2D eigenvalue weighted by molar-refractivity contribution is 7.16. The van der Waals surface area contributed by atoms with Gasteiger partial charge in [0.15, 0.2) is 5.78 Å². The molecule has 3 heterocycles. The number of amides is 2. The highest BCUT2D eigenvalue weighted by Gasteiger charge is 2.53. The van der Waals surface area contributed by atoms with E-state index in [4.69, 9.17) is 16.3 Å². The zero-order chi connectivity index (χ0) is 21.7. The van der Waals surface area contributed by atoms with Gasteiger partial charge >= 0.3 is 4.87 Å². The van der Waals surface area contributed by atoms with Gasteiger partial charge < -0.3 is 19.9 Å². The molecule has 4 atom stereocenters. The minimum atomic E-state index is -0.730. The van der Waals surface area contributed by atoms with E-state index in [0.717, 1.165) is 37.0 Å². The molecule has 5 rings (SSSR count). The fourth-order valence-corrected chi connectivity index (χ4v) is 6.12. The number of benzene rings is 1. The quantitative estimate of drug-likeness (QED) is 0.670. The summed E-state index contributed by atoms with van der Waals surface area (Å²) in [7, 11) is 0. The molecule has 1 aromatic carbocycles. The standard InChI is InChI=1S/C21H22ClN3O5S/c22-12-8-25(17-14(26)9-30-18(12)17)20(28)16(10-3-1-2-4-10)24-19(27)11-5-6-13-15(7-11)31-21(29)23-13/h5-7,10,12,16-18H,1-4,8-9H2,(H,23,29)(H,24,27)/t12-,16?,17+,18?/m0/s1. The number of rotatable bonds is 4. The zero-order valence-electron chi connectivity index (χ0n) is 16.6. The minimum Gasteiger partial charge on any atom is -0.366 e. The third kappa shape index (κ3) is 3.68. The third-order valence-corrected chi connectivity index (χ3v) is 7.74. The van der Waals surface area contributed by atoms with E-state index in [-0.39, 0.29) is 41.5 Å². The predicted molar refractivity (Wildman–Crippen MR) is 116 cm³/mol. The smallest absolute Gasteiger partial charge is 0.305 e. The lowest BCUT2D eigenvalue weighted by atomic mass is 9.95. The van der Waals surface area contributed by atoms with Gasteiger partial charge in [0.05, 0.1) is 15.6 Å². The number of fused-ring (bicyclic) bond motifs is 2. The fourth-order valence-electron chi connectivity index (χ4n) is 4.99. The van der Waals surface area contributed by atoms with E-state index in [9.17, 15) is 19.2 Å². The van der Waals surface area contributed by atoms with Crippen LogP contribution in [0.1, 0.15) is 36.0 Å². The van der Waals surface area contributed by atoms with E-state index in [1.54, 1.807) is 18.2 Å². The molecule has 2 unspecified atom stereocenters. The summed E-state index contributed by atoms with van der Waals surface area (Å²) < 4.78 is 6.17. The van der Waals surface area contributed by atoms with E-state index < -0.39 is 23.6 Å². The Labute approximate surface area is 186 Å². The lowest BCUT2D eigenvalue weighted by Crippen LogP contribution is -2.54. The van der Waals surface area contributed by atoms with Crippen LogP contribution in [0.3, 0.4) is 0 Å². The number of alkyl halides is 1. The zero-order valence-corrected chi connectivity index (χ0v) is 18.2. The first-order valence-corrected chi connectivity index (χ1v) is 11.7. The Morgan fingerprint density at radius 2 is 2.03 bits per heavy atom. The van der Waals surface area contributed by atoms with Crippen LogP contribution < -0.4 is 10.2 Å². The average Bonchev–Trinajstić information content (AvgIpc) is 3.51. The van der Waals surface area contributed by atoms with Crippen LogP contribution >= 0.6 is 22.9 Å². The number of nitrogens with zero attached hydrogens (tertiary/aromatic N) is 1. The van der Waals surface area contributed by atoms with Crippen LogP contribution in [0.5, 0.6) is 0 Å². The SMILES string of the molecule is O=C(NC(C(=O)N1C[C@H](Cl)C2OCC(=O)[C@H]21)C1CCCC1)c1ccc2[nH]c(=O)sc2c1. The van der Waals surface area contributed by atoms with Crippen LogP contribution in [-0.4, -0.2) is 64.2 Å². The molecular formula is C21H22ClN3O5S. The molecule has 2 aromatic rings. The number of H-pyrrole nitrogens is 1. The number of ketones is 1. The van der Waals surface area contributed by atoms with Crippen molar-refractivity contribution >= 4 is 50.8 Å². The van der Waals surface area contributed by atoms with Crippen LogP contribution in [0, 0.1) is 5.92 Å². The molecule has 10 heteroatoms. The van der Waals surface area contributed by atoms with E-state index in [1.165, 1.54) is 4.90 Å². The highest BCUT2D eigenvalue weighted by atomic mass is 35.5. The summed E-state index contributed by atoms with van der Waals surface area (Å²) in [6.07, 6.45) is 3.19. The summed E-state index contributed by atoms with van der Waals surface area (Å²) in [5.74, 6) is -0.788. The second kappa shape index (κ2) is 8.03. The van der Waals surface area contributed by atoms with E-state index in [1.807, 2.05) is 0 Å². The van der Waals surface area contributed by atoms with Crippen molar-refractivity contribution in [2.45, 2.75) is 49.2 Å². The molecule has 164 valence electrons. The van der Waals surface area contributed by atoms with Gasteiger partial charge in [0.1, 0.15) is 24.8 Å². The molecule has 3 aliphatic rings. The van der Waals surface area contributed by atoms with Gasteiger partial charge in [-0.3, -0.25) is 19.2 Å². The number of thiazole rings is 1. The first kappa shape index (κ1) is 20.7. The first-order valence-electron chi connectivity index (χ1n) is 10.4. The van der Waals surface area contributed by atoms with Crippen molar-refractivity contribution in [2.24, 2.45) is 5.92 Å². The number of carbonyl (C=O) groups excluding carboxylic acids is 3. The Kier molecular flexibility index (Phi) is 5.35. The lowest BCUT2D eigenvalue weighted by Gasteiger charge is -2.30. The van der Waals surface area contributed by atoms with Crippen molar-refractivity contribution in [3.05, 3.63) is 33.4 Å². The van der Waals surface area contributed by atoms with E-state index >= 15 is 0 Å². The summed E-state index contributed by atoms with van der Waals surface area (Å²) >= 11 is 7.39. The van der Waals surface area contributed by atoms with E-state index in [0.29, 0.717) is 15.8 Å². The molecule has 1 saturated carbocycles. The number of carbonyl (C=O) groups is 3. The van der Waals surface area contributed by atoms with Crippen molar-refractivity contribution in [1.29, 1.82) is 0 Å². The van der Waals surface area contributed by atoms with Crippen LogP contribution in [0.2, 0.25) is 0 Å². The maximum Gasteiger partial charge on any atom is 0.305 e. The highest BCUT2D eigenvalue weighted by Crippen LogP contribution is 2.34. The van der Waals surface area contributed by atoms with Crippen LogP contribution in [0.4, 0.5) is 0 Å². The van der Waals surface area contributed by atoms with Crippen molar-refractivity contribution in [3.8, 4) is 0 Å². The molecule has 1 aliphatic carbocycles. The van der Waals surface area contributed by atoms with Gasteiger partial charge in [0, 0.05) is 12.1 Å². The topological polar surface area (TPSA) is 109 Å². The van der Waals surface area contributed by atoms with Gasteiger partial charge in [-0.15, -0.1) is 11.6 Å². The molecule has 2 amide bonds. The Morgan fingerprint density at radius 3 is 2.81 bits per heavy atom. The number of likely N-dealkylation sites (tertiary alicyclic amines) is 1. The Morgan fingerprint density at radius 1 is 1.26 bits per heavy atom. The molecule has 2 saturated heterocycles. The Balaban J connectivity index is 1.40. The molecule has 0 bridgehead atoms. The van der Waals surface area contributed by atoms with Crippen LogP contribution in [0.25, 0.3) is 10.2 Å². The lowest BCUT2D eigenvalue weighted by molar-refractivity contribution is -0.139. The van der Waals surface area contributed by atoms with Crippen LogP contribution in [-0.2, 0) is 14.3 Å². The maximum atomic E-state index is 13.5. The Bertz CT molecular complexity index is 1110. The first-order chi connectivity index (χ1) is 14.9. The molecule has 0 radical (unpaired) electrons. The van der Waals surface area contributed by atoms with Crippen molar-refractivity contribution in [3.63, 3.8) is 0 Å². The molecule has 3 fully saturated rings. The van der Waals surface area contributed by atoms with Gasteiger partial charge in [-0.25, -0.2) is 0 Å². The molecule has 8 nitrogen and oxygen atoms in total. The van der Waals surface area contributed by atoms with Gasteiger partial charge in [-0.05, 0) is 37.0 Å². The van der Waals surface area contributed by atoms with Gasteiger partial charge in [-0.2, -0.15) is 0 Å². The number of ether oxygens (including phenoxy) is 1. The number of halogens is 1. The summed E-state index contributed by atoms with van der Waals surface area (Å²) in [5.41, 5.74) is 1.05. The molecule has 2 N–H and O–H groups in total. The number of hydrogen-bond donors (Lipinski definition) is 2. The third-order valence-electron chi connectivity index (χ3n) is 6.51. The molecule has 31 heavy (non-hydrogen) atoms. The second-order valence-corrected chi connectivity index (χ2v) is 9.99. The average molecular weight is 464 g/mol. The number of aromatic nitrogens is 1. The van der Waals surface area contributed by atoms with E-state index in [2.05, 4.69) is 10.3 Å². The Hall–Kier alpha value is -2.23. The monoisotopic (exact) mass is 463 g/mol. The van der Waals surface area contributed by atoms with Crippen molar-refractivity contribution in [1.82, 2.24) is 15.2 Å². The van der Waals surface area contributed by atoms with Crippen molar-refractivity contribution in [2.75, 3.05) is 13.2 Å². The van der Waals surface area contributed by atoms with Gasteiger partial charge in [0.25, 0.3) is 5.91 Å². The summed E-state index contributed by atoms with van der Waals surface area (Å²) in [4.78, 5) is 54.5. The molecule has 2 aliphatic heterocycles. The summed E-state index contributed by atoms with van der Waals surface area (Å²) in [6.45, 7) is 0.187. The molecule has 0 spiro atoms. The number of nitrogens with one attached hydrogen (secondary N) is 2. The number of hydrogen-bond acceptors (Lipinski definition) is 6. The fraction of sp³-hybridized carbons (Fsp3) is 0.524. The van der Waals surface area contributed by atoms with Gasteiger partial charge in [0.2, 0.25) is 5.91 Å². The second-order valence-electron chi connectivity index (χ2n) is 8.41. The van der Waals surface area contributed by atoms with Crippen LogP contribution in [0.15, 0.2) is 23.0 Å². The minimum absolute atomic E-state index is 0.00810. The molecule has 1 aromatic heterocycles. The summed E-state index contributed by atoms with van der Waals surface area (Å²) in [6, 6.07) is 3.56. The molecular weight excluding hydrogens is 442 g/mol. The van der Waals surface area contributed by atoms with Gasteiger partial charge in [-0.1, -0.05) is 24.2 Å².